The van der Waals surface area contributed by atoms with E-state index in [2.05, 4.69) is 15.3 Å². The quantitative estimate of drug-likeness (QED) is 0.884. The van der Waals surface area contributed by atoms with Crippen LogP contribution in [-0.2, 0) is 0 Å². The molecule has 6 nitrogen and oxygen atoms in total. The largest absolute Gasteiger partial charge is 0.497 e. The standard InChI is InChI=1S/C16H19N3O3/c1-4-13(11-5-7-12(22-3)8-6-11)19-16(21)14-9-15(20)18-10(2)17-14/h5-9,13H,4H2,1-3H3,(H,19,21)(H,17,18,20). The van der Waals surface area contributed by atoms with Gasteiger partial charge in [-0.25, -0.2) is 4.98 Å². The third-order valence-corrected chi connectivity index (χ3v) is 3.32. The minimum Gasteiger partial charge on any atom is -0.497 e. The molecule has 0 aliphatic rings. The highest BCUT2D eigenvalue weighted by Crippen LogP contribution is 2.20. The maximum Gasteiger partial charge on any atom is 0.270 e. The number of carbonyl (C=O) groups excluding carboxylic acids is 1. The molecule has 0 aliphatic carbocycles. The first-order valence-corrected chi connectivity index (χ1v) is 7.06. The van der Waals surface area contributed by atoms with Gasteiger partial charge in [0.05, 0.1) is 13.2 Å². The van der Waals surface area contributed by atoms with Crippen LogP contribution in [0.15, 0.2) is 35.1 Å². The van der Waals surface area contributed by atoms with Crippen molar-refractivity contribution in [2.75, 3.05) is 7.11 Å². The Kier molecular flexibility index (Phi) is 4.93. The number of rotatable bonds is 5. The molecule has 0 saturated heterocycles. The summed E-state index contributed by atoms with van der Waals surface area (Å²) >= 11 is 0. The summed E-state index contributed by atoms with van der Waals surface area (Å²) in [4.78, 5) is 30.3. The minimum absolute atomic E-state index is 0.119. The lowest BCUT2D eigenvalue weighted by Gasteiger charge is -2.17. The van der Waals surface area contributed by atoms with E-state index in [0.29, 0.717) is 5.82 Å². The van der Waals surface area contributed by atoms with Crippen molar-refractivity contribution in [3.8, 4) is 5.75 Å². The van der Waals surface area contributed by atoms with Gasteiger partial charge in [0.1, 0.15) is 17.3 Å². The Bertz CT molecular complexity index is 707. The number of amides is 1. The normalized spacial score (nSPS) is 11.8. The van der Waals surface area contributed by atoms with Gasteiger partial charge in [-0.15, -0.1) is 0 Å². The molecule has 2 rings (SSSR count). The Labute approximate surface area is 128 Å². The summed E-state index contributed by atoms with van der Waals surface area (Å²) < 4.78 is 5.12. The summed E-state index contributed by atoms with van der Waals surface area (Å²) in [7, 11) is 1.61. The van der Waals surface area contributed by atoms with Crippen LogP contribution in [0.1, 0.15) is 41.3 Å². The molecule has 0 spiro atoms. The molecule has 1 aromatic carbocycles. The van der Waals surface area contributed by atoms with E-state index in [4.69, 9.17) is 4.74 Å². The van der Waals surface area contributed by atoms with E-state index in [1.54, 1.807) is 14.0 Å². The Balaban J connectivity index is 2.18. The Morgan fingerprint density at radius 3 is 2.59 bits per heavy atom. The molecule has 2 N–H and O–H groups in total. The van der Waals surface area contributed by atoms with Crippen LogP contribution < -0.4 is 15.6 Å². The monoisotopic (exact) mass is 301 g/mol. The SMILES string of the molecule is CCC(NC(=O)c1cc(=O)[nH]c(C)n1)c1ccc(OC)cc1. The Morgan fingerprint density at radius 1 is 1.36 bits per heavy atom. The highest BCUT2D eigenvalue weighted by atomic mass is 16.5. The number of aryl methyl sites for hydroxylation is 1. The molecule has 0 bridgehead atoms. The van der Waals surface area contributed by atoms with Gasteiger partial charge in [0.25, 0.3) is 11.5 Å². The van der Waals surface area contributed by atoms with Gasteiger partial charge in [-0.2, -0.15) is 0 Å². The van der Waals surface area contributed by atoms with Crippen LogP contribution in [0.3, 0.4) is 0 Å². The van der Waals surface area contributed by atoms with Gasteiger partial charge >= 0.3 is 0 Å². The molecule has 1 atom stereocenters. The fraction of sp³-hybridized carbons (Fsp3) is 0.312. The van der Waals surface area contributed by atoms with Crippen LogP contribution in [0.5, 0.6) is 5.75 Å². The van der Waals surface area contributed by atoms with E-state index >= 15 is 0 Å². The number of H-pyrrole nitrogens is 1. The smallest absolute Gasteiger partial charge is 0.270 e. The number of carbonyl (C=O) groups is 1. The van der Waals surface area contributed by atoms with Gasteiger partial charge in [-0.1, -0.05) is 19.1 Å². The van der Waals surface area contributed by atoms with E-state index < -0.39 is 0 Å². The summed E-state index contributed by atoms with van der Waals surface area (Å²) in [6, 6.07) is 8.55. The minimum atomic E-state index is -0.364. The molecule has 0 aliphatic heterocycles. The molecule has 22 heavy (non-hydrogen) atoms. The average Bonchev–Trinajstić information content (AvgIpc) is 2.51. The molecule has 1 aromatic heterocycles. The van der Waals surface area contributed by atoms with Crippen molar-refractivity contribution in [1.82, 2.24) is 15.3 Å². The Morgan fingerprint density at radius 2 is 2.05 bits per heavy atom. The van der Waals surface area contributed by atoms with Crippen LogP contribution in [-0.4, -0.2) is 23.0 Å². The highest BCUT2D eigenvalue weighted by Gasteiger charge is 2.16. The van der Waals surface area contributed by atoms with E-state index in [-0.39, 0.29) is 23.2 Å². The molecular weight excluding hydrogens is 282 g/mol. The number of hydrogen-bond donors (Lipinski definition) is 2. The van der Waals surface area contributed by atoms with Gasteiger partial charge in [0.15, 0.2) is 0 Å². The second-order valence-corrected chi connectivity index (χ2v) is 4.92. The van der Waals surface area contributed by atoms with Crippen LogP contribution >= 0.6 is 0 Å². The molecule has 1 unspecified atom stereocenters. The van der Waals surface area contributed by atoms with Crippen LogP contribution in [0.2, 0.25) is 0 Å². The first kappa shape index (κ1) is 15.8. The van der Waals surface area contributed by atoms with Crippen LogP contribution in [0, 0.1) is 6.92 Å². The number of benzene rings is 1. The third kappa shape index (κ3) is 3.72. The number of methoxy groups -OCH3 is 1. The van der Waals surface area contributed by atoms with Gasteiger partial charge in [0, 0.05) is 6.07 Å². The summed E-state index contributed by atoms with van der Waals surface area (Å²) in [5, 5.41) is 2.90. The maximum atomic E-state index is 12.3. The van der Waals surface area contributed by atoms with Crippen molar-refractivity contribution in [1.29, 1.82) is 0 Å². The molecular formula is C16H19N3O3. The van der Waals surface area contributed by atoms with E-state index in [1.165, 1.54) is 6.07 Å². The topological polar surface area (TPSA) is 84.1 Å². The number of aromatic amines is 1. The van der Waals surface area contributed by atoms with Gasteiger partial charge in [0.2, 0.25) is 0 Å². The second kappa shape index (κ2) is 6.89. The van der Waals surface area contributed by atoms with E-state index in [0.717, 1.165) is 17.7 Å². The zero-order valence-electron chi connectivity index (χ0n) is 12.8. The summed E-state index contributed by atoms with van der Waals surface area (Å²) in [6.45, 7) is 3.62. The van der Waals surface area contributed by atoms with Gasteiger partial charge in [-0.3, -0.25) is 9.59 Å². The average molecular weight is 301 g/mol. The highest BCUT2D eigenvalue weighted by molar-refractivity contribution is 5.92. The fourth-order valence-corrected chi connectivity index (χ4v) is 2.19. The van der Waals surface area contributed by atoms with Gasteiger partial charge < -0.3 is 15.0 Å². The molecule has 1 heterocycles. The van der Waals surface area contributed by atoms with E-state index in [9.17, 15) is 9.59 Å². The third-order valence-electron chi connectivity index (χ3n) is 3.32. The van der Waals surface area contributed by atoms with Crippen molar-refractivity contribution in [2.24, 2.45) is 0 Å². The Hall–Kier alpha value is -2.63. The second-order valence-electron chi connectivity index (χ2n) is 4.92. The predicted octanol–water partition coefficient (Wildman–Crippen LogP) is 1.97. The van der Waals surface area contributed by atoms with Gasteiger partial charge in [-0.05, 0) is 31.0 Å². The predicted molar refractivity (Wildman–Crippen MR) is 83.1 cm³/mol. The van der Waals surface area contributed by atoms with Crippen molar-refractivity contribution in [3.63, 3.8) is 0 Å². The summed E-state index contributed by atoms with van der Waals surface area (Å²) in [5.74, 6) is 0.809. The van der Waals surface area contributed by atoms with Crippen molar-refractivity contribution in [3.05, 3.63) is 57.8 Å². The number of hydrogen-bond acceptors (Lipinski definition) is 4. The summed E-state index contributed by atoms with van der Waals surface area (Å²) in [6.07, 6.45) is 0.722. The van der Waals surface area contributed by atoms with Crippen LogP contribution in [0.25, 0.3) is 0 Å². The summed E-state index contributed by atoms with van der Waals surface area (Å²) in [5.41, 5.74) is 0.751. The zero-order valence-corrected chi connectivity index (χ0v) is 12.8. The molecule has 116 valence electrons. The number of nitrogens with zero attached hydrogens (tertiary/aromatic N) is 1. The first-order valence-electron chi connectivity index (χ1n) is 7.06. The molecule has 6 heteroatoms. The fourth-order valence-electron chi connectivity index (χ4n) is 2.19. The molecule has 2 aromatic rings. The first-order chi connectivity index (χ1) is 10.5. The van der Waals surface area contributed by atoms with Crippen molar-refractivity contribution < 1.29 is 9.53 Å². The lowest BCUT2D eigenvalue weighted by Crippen LogP contribution is -2.30. The zero-order chi connectivity index (χ0) is 16.1. The lowest BCUT2D eigenvalue weighted by molar-refractivity contribution is 0.0930. The number of ether oxygens (including phenoxy) is 1. The van der Waals surface area contributed by atoms with Crippen molar-refractivity contribution in [2.45, 2.75) is 26.3 Å². The van der Waals surface area contributed by atoms with Crippen molar-refractivity contribution >= 4 is 5.91 Å². The number of nitrogens with one attached hydrogen (secondary N) is 2. The van der Waals surface area contributed by atoms with Crippen LogP contribution in [0.4, 0.5) is 0 Å². The molecule has 1 amide bonds. The lowest BCUT2D eigenvalue weighted by atomic mass is 10.0. The molecule has 0 saturated carbocycles. The van der Waals surface area contributed by atoms with E-state index in [1.807, 2.05) is 31.2 Å². The maximum absolute atomic E-state index is 12.3. The molecule has 0 radical (unpaired) electrons. The molecule has 0 fully saturated rings. The number of aromatic nitrogens is 2.